The number of carbonyl (C=O) groups excluding carboxylic acids is 1. The normalized spacial score (nSPS) is 24.1. The van der Waals surface area contributed by atoms with Crippen LogP contribution in [0.2, 0.25) is 0 Å². The molecule has 2 unspecified atom stereocenters. The first-order chi connectivity index (χ1) is 7.85. The van der Waals surface area contributed by atoms with E-state index in [0.717, 1.165) is 19.4 Å². The molecule has 0 bridgehead atoms. The Morgan fingerprint density at radius 1 is 1.44 bits per heavy atom. The molecule has 1 amide bonds. The topological polar surface area (TPSA) is 44.1 Å². The van der Waals surface area contributed by atoms with Gasteiger partial charge in [0.1, 0.15) is 0 Å². The van der Waals surface area contributed by atoms with Gasteiger partial charge in [0.15, 0.2) is 0 Å². The standard InChI is InChI=1S/C13H14N2O/c14-7-6-13-8-12(9-15(13)10-16)11-4-2-1-3-5-11/h1-5,10,12-13H,6,8-9H2. The van der Waals surface area contributed by atoms with E-state index in [2.05, 4.69) is 18.2 Å². The Morgan fingerprint density at radius 2 is 2.19 bits per heavy atom. The zero-order chi connectivity index (χ0) is 11.4. The molecule has 0 saturated carbocycles. The van der Waals surface area contributed by atoms with Crippen LogP contribution in [-0.4, -0.2) is 23.9 Å². The highest BCUT2D eigenvalue weighted by Gasteiger charge is 2.31. The van der Waals surface area contributed by atoms with Crippen molar-refractivity contribution in [2.45, 2.75) is 24.8 Å². The molecule has 0 aromatic heterocycles. The lowest BCUT2D eigenvalue weighted by Crippen LogP contribution is -2.27. The van der Waals surface area contributed by atoms with Crippen LogP contribution in [-0.2, 0) is 4.79 Å². The highest BCUT2D eigenvalue weighted by Crippen LogP contribution is 2.31. The first kappa shape index (κ1) is 10.7. The number of amides is 1. The van der Waals surface area contributed by atoms with Gasteiger partial charge in [-0.25, -0.2) is 0 Å². The van der Waals surface area contributed by atoms with Gasteiger partial charge in [-0.05, 0) is 12.0 Å². The van der Waals surface area contributed by atoms with Crippen LogP contribution in [0.1, 0.15) is 24.3 Å². The van der Waals surface area contributed by atoms with Gasteiger partial charge < -0.3 is 4.90 Å². The predicted octanol–water partition coefficient (Wildman–Crippen LogP) is 1.91. The van der Waals surface area contributed by atoms with Crippen LogP contribution in [0, 0.1) is 11.3 Å². The van der Waals surface area contributed by atoms with Crippen LogP contribution in [0.3, 0.4) is 0 Å². The Bertz CT molecular complexity index is 396. The van der Waals surface area contributed by atoms with Gasteiger partial charge in [0.05, 0.1) is 12.5 Å². The molecule has 2 rings (SSSR count). The second-order valence-corrected chi connectivity index (χ2v) is 4.16. The summed E-state index contributed by atoms with van der Waals surface area (Å²) in [4.78, 5) is 12.6. The number of carbonyl (C=O) groups is 1. The summed E-state index contributed by atoms with van der Waals surface area (Å²) in [5, 5.41) is 8.70. The molecule has 82 valence electrons. The van der Waals surface area contributed by atoms with Gasteiger partial charge >= 0.3 is 0 Å². The predicted molar refractivity (Wildman–Crippen MR) is 60.6 cm³/mol. The van der Waals surface area contributed by atoms with Crippen LogP contribution >= 0.6 is 0 Å². The highest BCUT2D eigenvalue weighted by atomic mass is 16.1. The molecule has 3 heteroatoms. The fourth-order valence-electron chi connectivity index (χ4n) is 2.34. The molecule has 3 nitrogen and oxygen atoms in total. The van der Waals surface area contributed by atoms with E-state index in [0.29, 0.717) is 12.3 Å². The third-order valence-corrected chi connectivity index (χ3v) is 3.19. The van der Waals surface area contributed by atoms with Crippen molar-refractivity contribution < 1.29 is 4.79 Å². The maximum Gasteiger partial charge on any atom is 0.210 e. The van der Waals surface area contributed by atoms with Crippen molar-refractivity contribution in [1.82, 2.24) is 4.90 Å². The number of benzene rings is 1. The van der Waals surface area contributed by atoms with Gasteiger partial charge in [-0.3, -0.25) is 4.79 Å². The van der Waals surface area contributed by atoms with Gasteiger partial charge in [-0.15, -0.1) is 0 Å². The molecular weight excluding hydrogens is 200 g/mol. The molecule has 0 radical (unpaired) electrons. The van der Waals surface area contributed by atoms with E-state index >= 15 is 0 Å². The van der Waals surface area contributed by atoms with E-state index in [-0.39, 0.29) is 6.04 Å². The molecule has 1 fully saturated rings. The number of nitriles is 1. The van der Waals surface area contributed by atoms with E-state index in [1.54, 1.807) is 4.90 Å². The third-order valence-electron chi connectivity index (χ3n) is 3.19. The van der Waals surface area contributed by atoms with E-state index in [4.69, 9.17) is 5.26 Å². The Kier molecular flexibility index (Phi) is 3.21. The van der Waals surface area contributed by atoms with Crippen molar-refractivity contribution in [3.8, 4) is 6.07 Å². The fraction of sp³-hybridized carbons (Fsp3) is 0.385. The van der Waals surface area contributed by atoms with E-state index in [1.807, 2.05) is 18.2 Å². The Hall–Kier alpha value is -1.82. The van der Waals surface area contributed by atoms with Gasteiger partial charge in [-0.2, -0.15) is 5.26 Å². The zero-order valence-corrected chi connectivity index (χ0v) is 9.04. The molecule has 1 aromatic rings. The summed E-state index contributed by atoms with van der Waals surface area (Å²) < 4.78 is 0. The SMILES string of the molecule is N#CCC1CC(c2ccccc2)CN1C=O. The van der Waals surface area contributed by atoms with Crippen LogP contribution in [0.4, 0.5) is 0 Å². The number of hydrogen-bond donors (Lipinski definition) is 0. The fourth-order valence-corrected chi connectivity index (χ4v) is 2.34. The third kappa shape index (κ3) is 2.06. The summed E-state index contributed by atoms with van der Waals surface area (Å²) in [5.41, 5.74) is 1.26. The van der Waals surface area contributed by atoms with Gasteiger partial charge in [-0.1, -0.05) is 30.3 Å². The van der Waals surface area contributed by atoms with Crippen LogP contribution in [0.25, 0.3) is 0 Å². The average Bonchev–Trinajstić information content (AvgIpc) is 2.74. The molecule has 1 heterocycles. The molecular formula is C13H14N2O. The number of likely N-dealkylation sites (tertiary alicyclic amines) is 1. The number of hydrogen-bond acceptors (Lipinski definition) is 2. The molecule has 1 aliphatic heterocycles. The van der Waals surface area contributed by atoms with E-state index in [1.165, 1.54) is 5.56 Å². The second kappa shape index (κ2) is 4.80. The largest absolute Gasteiger partial charge is 0.341 e. The van der Waals surface area contributed by atoms with Crippen LogP contribution in [0.5, 0.6) is 0 Å². The first-order valence-corrected chi connectivity index (χ1v) is 5.48. The van der Waals surface area contributed by atoms with Gasteiger partial charge in [0, 0.05) is 18.5 Å². The summed E-state index contributed by atoms with van der Waals surface area (Å²) in [6, 6.07) is 12.4. The summed E-state index contributed by atoms with van der Waals surface area (Å²) in [5.74, 6) is 0.379. The zero-order valence-electron chi connectivity index (χ0n) is 9.04. The van der Waals surface area contributed by atoms with Crippen molar-refractivity contribution >= 4 is 6.41 Å². The number of rotatable bonds is 3. The summed E-state index contributed by atoms with van der Waals surface area (Å²) in [6.45, 7) is 0.736. The minimum absolute atomic E-state index is 0.0905. The highest BCUT2D eigenvalue weighted by molar-refractivity contribution is 5.49. The second-order valence-electron chi connectivity index (χ2n) is 4.16. The van der Waals surface area contributed by atoms with Crippen LogP contribution < -0.4 is 0 Å². The molecule has 1 aliphatic rings. The first-order valence-electron chi connectivity index (χ1n) is 5.48. The van der Waals surface area contributed by atoms with Gasteiger partial charge in [0.2, 0.25) is 6.41 Å². The summed E-state index contributed by atoms with van der Waals surface area (Å²) >= 11 is 0. The van der Waals surface area contributed by atoms with Crippen molar-refractivity contribution in [3.63, 3.8) is 0 Å². The Labute approximate surface area is 95.3 Å². The maximum absolute atomic E-state index is 10.9. The Balaban J connectivity index is 2.11. The lowest BCUT2D eigenvalue weighted by molar-refractivity contribution is -0.118. The lowest BCUT2D eigenvalue weighted by Gasteiger charge is -2.15. The minimum Gasteiger partial charge on any atom is -0.341 e. The Morgan fingerprint density at radius 3 is 2.81 bits per heavy atom. The van der Waals surface area contributed by atoms with Crippen molar-refractivity contribution in [2.75, 3.05) is 6.54 Å². The van der Waals surface area contributed by atoms with Crippen molar-refractivity contribution in [2.24, 2.45) is 0 Å². The van der Waals surface area contributed by atoms with Gasteiger partial charge in [0.25, 0.3) is 0 Å². The molecule has 16 heavy (non-hydrogen) atoms. The van der Waals surface area contributed by atoms with Crippen molar-refractivity contribution in [3.05, 3.63) is 35.9 Å². The summed E-state index contributed by atoms with van der Waals surface area (Å²) in [7, 11) is 0. The smallest absolute Gasteiger partial charge is 0.210 e. The van der Waals surface area contributed by atoms with E-state index < -0.39 is 0 Å². The molecule has 1 aromatic carbocycles. The average molecular weight is 214 g/mol. The molecule has 1 saturated heterocycles. The molecule has 0 spiro atoms. The monoisotopic (exact) mass is 214 g/mol. The quantitative estimate of drug-likeness (QED) is 0.721. The maximum atomic E-state index is 10.9. The molecule has 0 N–H and O–H groups in total. The molecule has 2 atom stereocenters. The number of nitrogens with zero attached hydrogens (tertiary/aromatic N) is 2. The molecule has 0 aliphatic carbocycles. The van der Waals surface area contributed by atoms with Crippen molar-refractivity contribution in [1.29, 1.82) is 5.26 Å². The van der Waals surface area contributed by atoms with Crippen LogP contribution in [0.15, 0.2) is 30.3 Å². The lowest BCUT2D eigenvalue weighted by atomic mass is 9.96. The van der Waals surface area contributed by atoms with E-state index in [9.17, 15) is 4.79 Å². The summed E-state index contributed by atoms with van der Waals surface area (Å²) in [6.07, 6.45) is 2.20. The minimum atomic E-state index is 0.0905.